The average molecular weight is 376 g/mol. The molecule has 0 radical (unpaired) electrons. The molecule has 2 unspecified atom stereocenters. The monoisotopic (exact) mass is 375 g/mol. The number of hydrogen-bond acceptors (Lipinski definition) is 4. The molecule has 7 nitrogen and oxygen atoms in total. The van der Waals surface area contributed by atoms with Crippen molar-refractivity contribution in [2.24, 2.45) is 4.99 Å². The Morgan fingerprint density at radius 1 is 1.33 bits per heavy atom. The van der Waals surface area contributed by atoms with Crippen LogP contribution in [0.4, 0.5) is 0 Å². The van der Waals surface area contributed by atoms with Gasteiger partial charge in [0.2, 0.25) is 0 Å². The number of rotatable bonds is 5. The van der Waals surface area contributed by atoms with Gasteiger partial charge in [0.05, 0.1) is 12.2 Å². The Labute approximate surface area is 164 Å². The number of piperazine rings is 1. The molecule has 0 aromatic carbocycles. The first-order chi connectivity index (χ1) is 13.0. The summed E-state index contributed by atoms with van der Waals surface area (Å²) < 4.78 is 2.10. The second-order valence-electron chi connectivity index (χ2n) is 8.38. The minimum Gasteiger partial charge on any atom is -0.357 e. The highest BCUT2D eigenvalue weighted by molar-refractivity contribution is 5.80. The Kier molecular flexibility index (Phi) is 6.76. The molecule has 2 N–H and O–H groups in total. The summed E-state index contributed by atoms with van der Waals surface area (Å²) in [7, 11) is 4.41. The van der Waals surface area contributed by atoms with Crippen LogP contribution in [0.15, 0.2) is 11.2 Å². The average Bonchev–Trinajstić information content (AvgIpc) is 3.06. The molecular weight excluding hydrogens is 338 g/mol. The Hall–Kier alpha value is -1.60. The van der Waals surface area contributed by atoms with Crippen LogP contribution in [0.1, 0.15) is 44.5 Å². The standard InChI is InChI=1S/C20H37N7/c1-6-21-20(22-12-18-14-25(4)9-10-26(18)5)23-17-8-7-16-13-27(15(2)3)24-19(16)11-17/h13,15,17-18H,6-12,14H2,1-5H3,(H2,21,22,23). The SMILES string of the molecule is CCNC(=NCC1CN(C)CCN1C)NC1CCc2cn(C(C)C)nc2C1. The van der Waals surface area contributed by atoms with Gasteiger partial charge in [-0.2, -0.15) is 5.10 Å². The zero-order valence-corrected chi connectivity index (χ0v) is 17.7. The summed E-state index contributed by atoms with van der Waals surface area (Å²) in [5.41, 5.74) is 2.66. The summed E-state index contributed by atoms with van der Waals surface area (Å²) in [5, 5.41) is 11.9. The van der Waals surface area contributed by atoms with Crippen molar-refractivity contribution in [1.82, 2.24) is 30.2 Å². The summed E-state index contributed by atoms with van der Waals surface area (Å²) in [6, 6.07) is 1.31. The van der Waals surface area contributed by atoms with Crippen molar-refractivity contribution < 1.29 is 0 Å². The van der Waals surface area contributed by atoms with E-state index in [9.17, 15) is 0 Å². The number of aliphatic imine (C=N–C) groups is 1. The third-order valence-electron chi connectivity index (χ3n) is 5.75. The van der Waals surface area contributed by atoms with Gasteiger partial charge in [0.15, 0.2) is 5.96 Å². The van der Waals surface area contributed by atoms with Gasteiger partial charge in [-0.15, -0.1) is 0 Å². The van der Waals surface area contributed by atoms with Crippen molar-refractivity contribution in [3.63, 3.8) is 0 Å². The second-order valence-corrected chi connectivity index (χ2v) is 8.38. The van der Waals surface area contributed by atoms with Crippen molar-refractivity contribution >= 4 is 5.96 Å². The predicted molar refractivity (Wildman–Crippen MR) is 111 cm³/mol. The molecule has 2 heterocycles. The number of hydrogen-bond donors (Lipinski definition) is 2. The molecule has 0 spiro atoms. The van der Waals surface area contributed by atoms with E-state index >= 15 is 0 Å². The summed E-state index contributed by atoms with van der Waals surface area (Å²) in [6.07, 6.45) is 5.43. The van der Waals surface area contributed by atoms with E-state index in [-0.39, 0.29) is 0 Å². The Bertz CT molecular complexity index is 636. The number of fused-ring (bicyclic) bond motifs is 1. The van der Waals surface area contributed by atoms with E-state index < -0.39 is 0 Å². The van der Waals surface area contributed by atoms with E-state index in [1.807, 2.05) is 0 Å². The Morgan fingerprint density at radius 3 is 2.89 bits per heavy atom. The lowest BCUT2D eigenvalue weighted by Crippen LogP contribution is -2.52. The zero-order chi connectivity index (χ0) is 19.4. The molecule has 152 valence electrons. The van der Waals surface area contributed by atoms with Crippen molar-refractivity contribution in [3.05, 3.63) is 17.5 Å². The van der Waals surface area contributed by atoms with Gasteiger partial charge < -0.3 is 15.5 Å². The van der Waals surface area contributed by atoms with Crippen LogP contribution < -0.4 is 10.6 Å². The van der Waals surface area contributed by atoms with E-state index in [0.29, 0.717) is 18.1 Å². The third kappa shape index (κ3) is 5.23. The zero-order valence-electron chi connectivity index (χ0n) is 17.7. The number of nitrogens with zero attached hydrogens (tertiary/aromatic N) is 5. The number of nitrogens with one attached hydrogen (secondary N) is 2. The normalized spacial score (nSPS) is 24.9. The minimum absolute atomic E-state index is 0.401. The van der Waals surface area contributed by atoms with Crippen LogP contribution in [0.25, 0.3) is 0 Å². The fourth-order valence-corrected chi connectivity index (χ4v) is 3.91. The largest absolute Gasteiger partial charge is 0.357 e. The number of guanidine groups is 1. The van der Waals surface area contributed by atoms with Crippen LogP contribution in [0.5, 0.6) is 0 Å². The Morgan fingerprint density at radius 2 is 2.15 bits per heavy atom. The van der Waals surface area contributed by atoms with Crippen LogP contribution in [0.2, 0.25) is 0 Å². The van der Waals surface area contributed by atoms with E-state index in [4.69, 9.17) is 10.1 Å². The summed E-state index contributed by atoms with van der Waals surface area (Å²) >= 11 is 0. The van der Waals surface area contributed by atoms with Crippen LogP contribution >= 0.6 is 0 Å². The molecule has 0 bridgehead atoms. The van der Waals surface area contributed by atoms with Crippen molar-refractivity contribution in [2.75, 3.05) is 46.8 Å². The molecule has 1 saturated heterocycles. The molecule has 2 aliphatic rings. The van der Waals surface area contributed by atoms with Gasteiger partial charge in [-0.1, -0.05) is 0 Å². The fraction of sp³-hybridized carbons (Fsp3) is 0.800. The smallest absolute Gasteiger partial charge is 0.191 e. The van der Waals surface area contributed by atoms with E-state index in [1.165, 1.54) is 11.3 Å². The van der Waals surface area contributed by atoms with Crippen molar-refractivity contribution in [1.29, 1.82) is 0 Å². The van der Waals surface area contributed by atoms with Crippen molar-refractivity contribution in [2.45, 2.75) is 58.2 Å². The van der Waals surface area contributed by atoms with Crippen LogP contribution in [-0.4, -0.2) is 84.4 Å². The molecule has 7 heteroatoms. The Balaban J connectivity index is 1.60. The van der Waals surface area contributed by atoms with E-state index in [2.05, 4.69) is 66.2 Å². The first-order valence-corrected chi connectivity index (χ1v) is 10.5. The maximum absolute atomic E-state index is 4.91. The van der Waals surface area contributed by atoms with Gasteiger partial charge >= 0.3 is 0 Å². The summed E-state index contributed by atoms with van der Waals surface area (Å²) in [4.78, 5) is 9.73. The lowest BCUT2D eigenvalue weighted by atomic mass is 9.94. The van der Waals surface area contributed by atoms with Gasteiger partial charge in [-0.3, -0.25) is 14.6 Å². The van der Waals surface area contributed by atoms with E-state index in [1.54, 1.807) is 0 Å². The van der Waals surface area contributed by atoms with Gasteiger partial charge in [-0.25, -0.2) is 0 Å². The third-order valence-corrected chi connectivity index (χ3v) is 5.75. The first-order valence-electron chi connectivity index (χ1n) is 10.5. The number of aryl methyl sites for hydroxylation is 1. The highest BCUT2D eigenvalue weighted by Gasteiger charge is 2.24. The highest BCUT2D eigenvalue weighted by atomic mass is 15.3. The predicted octanol–water partition coefficient (Wildman–Crippen LogP) is 1.12. The molecule has 0 amide bonds. The van der Waals surface area contributed by atoms with Crippen LogP contribution in [0, 0.1) is 0 Å². The molecule has 1 aliphatic carbocycles. The molecule has 3 rings (SSSR count). The van der Waals surface area contributed by atoms with Gasteiger partial charge in [0.1, 0.15) is 0 Å². The molecular formula is C20H37N7. The number of aromatic nitrogens is 2. The second kappa shape index (κ2) is 9.06. The molecule has 2 atom stereocenters. The number of likely N-dealkylation sites (N-methyl/N-ethyl adjacent to an activating group) is 2. The van der Waals surface area contributed by atoms with Crippen LogP contribution in [0.3, 0.4) is 0 Å². The summed E-state index contributed by atoms with van der Waals surface area (Å²) in [5.74, 6) is 0.941. The molecule has 1 aliphatic heterocycles. The topological polar surface area (TPSA) is 60.7 Å². The van der Waals surface area contributed by atoms with Gasteiger partial charge in [-0.05, 0) is 53.3 Å². The molecule has 27 heavy (non-hydrogen) atoms. The summed E-state index contributed by atoms with van der Waals surface area (Å²) in [6.45, 7) is 11.5. The molecule has 0 saturated carbocycles. The van der Waals surface area contributed by atoms with Crippen LogP contribution in [-0.2, 0) is 12.8 Å². The highest BCUT2D eigenvalue weighted by Crippen LogP contribution is 2.21. The lowest BCUT2D eigenvalue weighted by Gasteiger charge is -2.37. The molecule has 1 aromatic heterocycles. The molecule has 1 aromatic rings. The minimum atomic E-state index is 0.401. The van der Waals surface area contributed by atoms with Gasteiger partial charge in [0, 0.05) is 56.9 Å². The van der Waals surface area contributed by atoms with E-state index in [0.717, 1.165) is 57.9 Å². The fourth-order valence-electron chi connectivity index (χ4n) is 3.91. The van der Waals surface area contributed by atoms with Gasteiger partial charge in [0.25, 0.3) is 0 Å². The maximum atomic E-state index is 4.91. The quantitative estimate of drug-likeness (QED) is 0.597. The maximum Gasteiger partial charge on any atom is 0.191 e. The molecule has 1 fully saturated rings. The lowest BCUT2D eigenvalue weighted by molar-refractivity contribution is 0.119. The van der Waals surface area contributed by atoms with Crippen molar-refractivity contribution in [3.8, 4) is 0 Å². The first kappa shape index (κ1) is 20.1.